The molecule has 0 unspecified atom stereocenters. The van der Waals surface area contributed by atoms with Gasteiger partial charge in [0.05, 0.1) is 29.0 Å². The highest BCUT2D eigenvalue weighted by Gasteiger charge is 2.36. The topological polar surface area (TPSA) is 88.7 Å². The maximum Gasteiger partial charge on any atom is 0.247 e. The summed E-state index contributed by atoms with van der Waals surface area (Å²) in [6, 6.07) is 7.02. The second kappa shape index (κ2) is 5.91. The first-order valence-corrected chi connectivity index (χ1v) is 10.0. The van der Waals surface area contributed by atoms with Crippen molar-refractivity contribution in [1.82, 2.24) is 14.4 Å². The summed E-state index contributed by atoms with van der Waals surface area (Å²) in [5, 5.41) is 4.42. The zero-order chi connectivity index (χ0) is 18.5. The molecule has 2 aromatic heterocycles. The van der Waals surface area contributed by atoms with Gasteiger partial charge in [0.15, 0.2) is 0 Å². The summed E-state index contributed by atoms with van der Waals surface area (Å²) in [5.41, 5.74) is 3.73. The Labute approximate surface area is 151 Å². The highest BCUT2D eigenvalue weighted by Crippen LogP contribution is 2.37. The van der Waals surface area contributed by atoms with Gasteiger partial charge in [-0.3, -0.25) is 9.97 Å². The van der Waals surface area contributed by atoms with Gasteiger partial charge < -0.3 is 4.42 Å². The monoisotopic (exact) mass is 370 g/mol. The minimum Gasteiger partial charge on any atom is -0.466 e. The number of rotatable bonds is 3. The second-order valence-electron chi connectivity index (χ2n) is 6.40. The lowest BCUT2D eigenvalue weighted by Crippen LogP contribution is -2.26. The predicted octanol–water partition coefficient (Wildman–Crippen LogP) is 2.95. The van der Waals surface area contributed by atoms with Crippen LogP contribution in [0.5, 0.6) is 0 Å². The molecule has 3 heterocycles. The Hall–Kier alpha value is -2.74. The summed E-state index contributed by atoms with van der Waals surface area (Å²) in [7, 11) is -3.55. The van der Waals surface area contributed by atoms with Crippen molar-refractivity contribution in [3.63, 3.8) is 0 Å². The Morgan fingerprint density at radius 3 is 2.65 bits per heavy atom. The van der Waals surface area contributed by atoms with Gasteiger partial charge in [0.1, 0.15) is 11.5 Å². The van der Waals surface area contributed by atoms with E-state index >= 15 is 0 Å². The fourth-order valence-corrected chi connectivity index (χ4v) is 4.29. The number of aromatic nitrogens is 2. The summed E-state index contributed by atoms with van der Waals surface area (Å²) < 4.78 is 31.5. The van der Waals surface area contributed by atoms with Crippen LogP contribution in [-0.4, -0.2) is 34.8 Å². The third-order valence-corrected chi connectivity index (χ3v) is 5.47. The first-order chi connectivity index (χ1) is 12.3. The standard InChI is InChI=1S/C18H18N4O3S/c1-11-9-14(12(2)25-11)16-10-17(22(21-16)26(3,23)24)13-5-4-6-15-18(13)20-8-7-19-15/h4-9,17H,10H2,1-3H3/t17-/m1/s1. The Morgan fingerprint density at radius 1 is 1.19 bits per heavy atom. The van der Waals surface area contributed by atoms with Crippen LogP contribution in [0.25, 0.3) is 11.0 Å². The van der Waals surface area contributed by atoms with Gasteiger partial charge in [-0.1, -0.05) is 12.1 Å². The van der Waals surface area contributed by atoms with Crippen LogP contribution < -0.4 is 0 Å². The average molecular weight is 370 g/mol. The zero-order valence-corrected chi connectivity index (χ0v) is 15.5. The molecular weight excluding hydrogens is 352 g/mol. The molecule has 0 saturated carbocycles. The summed E-state index contributed by atoms with van der Waals surface area (Å²) in [4.78, 5) is 8.72. The number of hydrazone groups is 1. The van der Waals surface area contributed by atoms with Crippen molar-refractivity contribution in [2.24, 2.45) is 5.10 Å². The normalized spacial score (nSPS) is 17.7. The molecule has 1 aliphatic rings. The number of hydrogen-bond donors (Lipinski definition) is 0. The lowest BCUT2D eigenvalue weighted by Gasteiger charge is -2.22. The molecule has 0 bridgehead atoms. The molecular formula is C18H18N4O3S. The van der Waals surface area contributed by atoms with Crippen LogP contribution in [0, 0.1) is 13.8 Å². The van der Waals surface area contributed by atoms with Crippen molar-refractivity contribution < 1.29 is 12.8 Å². The molecule has 1 aliphatic heterocycles. The van der Waals surface area contributed by atoms with E-state index in [1.165, 1.54) is 4.41 Å². The highest BCUT2D eigenvalue weighted by atomic mass is 32.2. The van der Waals surface area contributed by atoms with Crippen LogP contribution in [0.15, 0.2) is 46.2 Å². The third kappa shape index (κ3) is 2.76. The molecule has 26 heavy (non-hydrogen) atoms. The quantitative estimate of drug-likeness (QED) is 0.707. The second-order valence-corrected chi connectivity index (χ2v) is 8.24. The molecule has 1 atom stereocenters. The number of furan rings is 1. The Balaban J connectivity index is 1.85. The highest BCUT2D eigenvalue weighted by molar-refractivity contribution is 7.88. The van der Waals surface area contributed by atoms with E-state index in [0.717, 1.165) is 34.4 Å². The average Bonchev–Trinajstić information content (AvgIpc) is 3.17. The molecule has 0 saturated heterocycles. The molecule has 0 radical (unpaired) electrons. The van der Waals surface area contributed by atoms with E-state index in [0.29, 0.717) is 17.6 Å². The van der Waals surface area contributed by atoms with Crippen LogP contribution in [0.3, 0.4) is 0 Å². The van der Waals surface area contributed by atoms with Gasteiger partial charge in [0.2, 0.25) is 10.0 Å². The van der Waals surface area contributed by atoms with Crippen molar-refractivity contribution in [3.8, 4) is 0 Å². The maximum atomic E-state index is 12.4. The Morgan fingerprint density at radius 2 is 1.96 bits per heavy atom. The SMILES string of the molecule is Cc1cc(C2=NN(S(C)(=O)=O)[C@@H](c3cccc4nccnc34)C2)c(C)o1. The Bertz CT molecular complexity index is 1130. The molecule has 7 nitrogen and oxygen atoms in total. The van der Waals surface area contributed by atoms with Gasteiger partial charge >= 0.3 is 0 Å². The molecule has 8 heteroatoms. The van der Waals surface area contributed by atoms with E-state index in [-0.39, 0.29) is 0 Å². The minimum atomic E-state index is -3.55. The number of benzene rings is 1. The molecule has 0 N–H and O–H groups in total. The number of sulfonamides is 1. The fraction of sp³-hybridized carbons (Fsp3) is 0.278. The van der Waals surface area contributed by atoms with E-state index in [1.54, 1.807) is 12.4 Å². The molecule has 1 aromatic carbocycles. The molecule has 0 fully saturated rings. The van der Waals surface area contributed by atoms with E-state index in [1.807, 2.05) is 38.1 Å². The number of para-hydroxylation sites is 1. The third-order valence-electron chi connectivity index (χ3n) is 4.45. The van der Waals surface area contributed by atoms with Crippen molar-refractivity contribution in [3.05, 3.63) is 59.3 Å². The fourth-order valence-electron chi connectivity index (χ4n) is 3.39. The summed E-state index contributed by atoms with van der Waals surface area (Å²) in [5.74, 6) is 1.50. The number of nitrogens with zero attached hydrogens (tertiary/aromatic N) is 4. The molecule has 0 spiro atoms. The first kappa shape index (κ1) is 16.7. The molecule has 0 amide bonds. The van der Waals surface area contributed by atoms with Crippen molar-refractivity contribution in [1.29, 1.82) is 0 Å². The summed E-state index contributed by atoms with van der Waals surface area (Å²) in [6.45, 7) is 3.71. The summed E-state index contributed by atoms with van der Waals surface area (Å²) >= 11 is 0. The number of hydrogen-bond acceptors (Lipinski definition) is 6. The van der Waals surface area contributed by atoms with Crippen LogP contribution in [0.2, 0.25) is 0 Å². The Kier molecular flexibility index (Phi) is 3.80. The molecule has 134 valence electrons. The van der Waals surface area contributed by atoms with Gasteiger partial charge in [0, 0.05) is 29.9 Å². The van der Waals surface area contributed by atoms with Crippen molar-refractivity contribution >= 4 is 26.8 Å². The van der Waals surface area contributed by atoms with E-state index < -0.39 is 16.1 Å². The molecule has 3 aromatic rings. The molecule has 0 aliphatic carbocycles. The van der Waals surface area contributed by atoms with Crippen LogP contribution in [-0.2, 0) is 10.0 Å². The van der Waals surface area contributed by atoms with E-state index in [2.05, 4.69) is 15.1 Å². The zero-order valence-electron chi connectivity index (χ0n) is 14.7. The van der Waals surface area contributed by atoms with Gasteiger partial charge in [-0.25, -0.2) is 8.42 Å². The van der Waals surface area contributed by atoms with E-state index in [9.17, 15) is 8.42 Å². The number of fused-ring (bicyclic) bond motifs is 1. The van der Waals surface area contributed by atoms with Crippen molar-refractivity contribution in [2.45, 2.75) is 26.3 Å². The van der Waals surface area contributed by atoms with E-state index in [4.69, 9.17) is 4.42 Å². The van der Waals surface area contributed by atoms with Gasteiger partial charge in [-0.15, -0.1) is 0 Å². The van der Waals surface area contributed by atoms with Crippen LogP contribution in [0.4, 0.5) is 0 Å². The van der Waals surface area contributed by atoms with Crippen LogP contribution in [0.1, 0.15) is 35.1 Å². The molecule has 4 rings (SSSR count). The van der Waals surface area contributed by atoms with Crippen molar-refractivity contribution in [2.75, 3.05) is 6.26 Å². The van der Waals surface area contributed by atoms with Gasteiger partial charge in [-0.2, -0.15) is 9.52 Å². The maximum absolute atomic E-state index is 12.4. The van der Waals surface area contributed by atoms with Crippen LogP contribution >= 0.6 is 0 Å². The van der Waals surface area contributed by atoms with Gasteiger partial charge in [-0.05, 0) is 26.0 Å². The minimum absolute atomic E-state index is 0.447. The lowest BCUT2D eigenvalue weighted by atomic mass is 9.98. The smallest absolute Gasteiger partial charge is 0.247 e. The lowest BCUT2D eigenvalue weighted by molar-refractivity contribution is 0.376. The largest absolute Gasteiger partial charge is 0.466 e. The van der Waals surface area contributed by atoms with Gasteiger partial charge in [0.25, 0.3) is 0 Å². The predicted molar refractivity (Wildman–Crippen MR) is 98.3 cm³/mol. The first-order valence-electron chi connectivity index (χ1n) is 8.18. The number of aryl methyl sites for hydroxylation is 2. The summed E-state index contributed by atoms with van der Waals surface area (Å²) in [6.07, 6.45) is 4.84.